The van der Waals surface area contributed by atoms with E-state index < -0.39 is 0 Å². The molecule has 0 radical (unpaired) electrons. The molecule has 0 aliphatic heterocycles. The van der Waals surface area contributed by atoms with E-state index in [4.69, 9.17) is 15.2 Å². The van der Waals surface area contributed by atoms with Crippen molar-refractivity contribution in [1.82, 2.24) is 15.0 Å². The van der Waals surface area contributed by atoms with Gasteiger partial charge in [-0.3, -0.25) is 0 Å². The quantitative estimate of drug-likeness (QED) is 0.572. The molecule has 2 N–H and O–H groups in total. The normalized spacial score (nSPS) is 10.8. The molecule has 7 heteroatoms. The minimum Gasteiger partial charge on any atom is -0.492 e. The molecule has 0 aliphatic rings. The van der Waals surface area contributed by atoms with Crippen LogP contribution in [0.3, 0.4) is 0 Å². The molecule has 0 spiro atoms. The zero-order chi connectivity index (χ0) is 17.1. The van der Waals surface area contributed by atoms with Crippen molar-refractivity contribution in [2.45, 2.75) is 13.8 Å². The standard InChI is InChI=1S/C17H18N4O3/c1-3-23-16-10-15-14(9-13(16)18)19-21(20-15)12-7-5-11(6-8-12)17(22)24-4-2/h5-10H,3-4,18H2,1-2H3. The van der Waals surface area contributed by atoms with Gasteiger partial charge in [-0.2, -0.15) is 4.80 Å². The van der Waals surface area contributed by atoms with E-state index in [0.717, 1.165) is 5.69 Å². The molecule has 2 aromatic carbocycles. The lowest BCUT2D eigenvalue weighted by Crippen LogP contribution is -2.05. The van der Waals surface area contributed by atoms with Crippen molar-refractivity contribution >= 4 is 22.7 Å². The highest BCUT2D eigenvalue weighted by molar-refractivity contribution is 5.89. The number of nitrogens with zero attached hydrogens (tertiary/aromatic N) is 3. The molecule has 7 nitrogen and oxygen atoms in total. The van der Waals surface area contributed by atoms with Gasteiger partial charge in [-0.1, -0.05) is 0 Å². The van der Waals surface area contributed by atoms with Gasteiger partial charge in [-0.25, -0.2) is 4.79 Å². The number of aromatic nitrogens is 3. The Labute approximate surface area is 139 Å². The molecule has 0 saturated carbocycles. The fourth-order valence-electron chi connectivity index (χ4n) is 2.30. The number of esters is 1. The van der Waals surface area contributed by atoms with Crippen LogP contribution in [0, 0.1) is 0 Å². The van der Waals surface area contributed by atoms with E-state index in [-0.39, 0.29) is 5.97 Å². The van der Waals surface area contributed by atoms with E-state index in [2.05, 4.69) is 10.2 Å². The smallest absolute Gasteiger partial charge is 0.338 e. The third-order valence-corrected chi connectivity index (χ3v) is 3.42. The van der Waals surface area contributed by atoms with E-state index in [1.54, 1.807) is 43.3 Å². The summed E-state index contributed by atoms with van der Waals surface area (Å²) < 4.78 is 10.4. The average Bonchev–Trinajstić information content (AvgIpc) is 2.98. The second kappa shape index (κ2) is 6.57. The van der Waals surface area contributed by atoms with Gasteiger partial charge in [0.25, 0.3) is 0 Å². The van der Waals surface area contributed by atoms with Gasteiger partial charge in [-0.05, 0) is 44.2 Å². The van der Waals surface area contributed by atoms with Gasteiger partial charge in [0, 0.05) is 6.07 Å². The van der Waals surface area contributed by atoms with Crippen LogP contribution < -0.4 is 10.5 Å². The number of rotatable bonds is 5. The van der Waals surface area contributed by atoms with Gasteiger partial charge in [0.15, 0.2) is 0 Å². The summed E-state index contributed by atoms with van der Waals surface area (Å²) in [6.07, 6.45) is 0. The third-order valence-electron chi connectivity index (χ3n) is 3.42. The monoisotopic (exact) mass is 326 g/mol. The number of anilines is 1. The highest BCUT2D eigenvalue weighted by Crippen LogP contribution is 2.26. The van der Waals surface area contributed by atoms with Crippen LogP contribution in [0.5, 0.6) is 5.75 Å². The summed E-state index contributed by atoms with van der Waals surface area (Å²) in [6, 6.07) is 10.4. The molecule has 0 aliphatic carbocycles. The Morgan fingerprint density at radius 2 is 1.75 bits per heavy atom. The summed E-state index contributed by atoms with van der Waals surface area (Å²) in [4.78, 5) is 13.2. The minimum absolute atomic E-state index is 0.344. The minimum atomic E-state index is -0.350. The molecule has 124 valence electrons. The maximum atomic E-state index is 11.7. The van der Waals surface area contributed by atoms with E-state index >= 15 is 0 Å². The maximum absolute atomic E-state index is 11.7. The fraction of sp³-hybridized carbons (Fsp3) is 0.235. The van der Waals surface area contributed by atoms with E-state index in [1.165, 1.54) is 4.80 Å². The summed E-state index contributed by atoms with van der Waals surface area (Å²) in [5, 5.41) is 8.84. The van der Waals surface area contributed by atoms with Crippen LogP contribution in [0.1, 0.15) is 24.2 Å². The molecule has 3 rings (SSSR count). The van der Waals surface area contributed by atoms with Crippen LogP contribution in [0.4, 0.5) is 5.69 Å². The van der Waals surface area contributed by atoms with Gasteiger partial charge >= 0.3 is 5.97 Å². The first kappa shape index (κ1) is 15.8. The second-order valence-corrected chi connectivity index (χ2v) is 5.07. The van der Waals surface area contributed by atoms with Gasteiger partial charge in [0.2, 0.25) is 0 Å². The third kappa shape index (κ3) is 3.01. The topological polar surface area (TPSA) is 92.3 Å². The van der Waals surface area contributed by atoms with Gasteiger partial charge in [0.05, 0.1) is 30.2 Å². The number of nitrogen functional groups attached to an aromatic ring is 1. The number of carbonyl (C=O) groups excluding carboxylic acids is 1. The number of hydrogen-bond acceptors (Lipinski definition) is 6. The number of ether oxygens (including phenoxy) is 2. The number of carbonyl (C=O) groups is 1. The maximum Gasteiger partial charge on any atom is 0.338 e. The van der Waals surface area contributed by atoms with Crippen molar-refractivity contribution in [3.63, 3.8) is 0 Å². The Morgan fingerprint density at radius 3 is 2.38 bits per heavy atom. The molecule has 1 aromatic heterocycles. The summed E-state index contributed by atoms with van der Waals surface area (Å²) >= 11 is 0. The Bertz CT molecular complexity index is 871. The van der Waals surface area contributed by atoms with Crippen LogP contribution in [0.2, 0.25) is 0 Å². The van der Waals surface area contributed by atoms with Gasteiger partial charge in [0.1, 0.15) is 16.8 Å². The van der Waals surface area contributed by atoms with E-state index in [9.17, 15) is 4.79 Å². The fourth-order valence-corrected chi connectivity index (χ4v) is 2.30. The highest BCUT2D eigenvalue weighted by atomic mass is 16.5. The Morgan fingerprint density at radius 1 is 1.08 bits per heavy atom. The molecular weight excluding hydrogens is 308 g/mol. The van der Waals surface area contributed by atoms with Gasteiger partial charge < -0.3 is 15.2 Å². The van der Waals surface area contributed by atoms with Crippen molar-refractivity contribution in [3.8, 4) is 11.4 Å². The first-order chi connectivity index (χ1) is 11.6. The zero-order valence-corrected chi connectivity index (χ0v) is 13.5. The van der Waals surface area contributed by atoms with Crippen molar-refractivity contribution < 1.29 is 14.3 Å². The van der Waals surface area contributed by atoms with Crippen molar-refractivity contribution in [1.29, 1.82) is 0 Å². The summed E-state index contributed by atoms with van der Waals surface area (Å²) in [7, 11) is 0. The lowest BCUT2D eigenvalue weighted by molar-refractivity contribution is 0.0526. The Balaban J connectivity index is 1.93. The van der Waals surface area contributed by atoms with Crippen LogP contribution in [-0.4, -0.2) is 34.2 Å². The molecule has 0 fully saturated rings. The number of fused-ring (bicyclic) bond motifs is 1. The second-order valence-electron chi connectivity index (χ2n) is 5.07. The molecule has 0 unspecified atom stereocenters. The largest absolute Gasteiger partial charge is 0.492 e. The molecule has 1 heterocycles. The van der Waals surface area contributed by atoms with Crippen LogP contribution in [0.25, 0.3) is 16.7 Å². The summed E-state index contributed by atoms with van der Waals surface area (Å²) in [5.74, 6) is 0.242. The molecule has 3 aromatic rings. The number of hydrogen-bond donors (Lipinski definition) is 1. The molecular formula is C17H18N4O3. The van der Waals surface area contributed by atoms with Crippen molar-refractivity contribution in [2.75, 3.05) is 18.9 Å². The molecule has 0 amide bonds. The lowest BCUT2D eigenvalue weighted by Gasteiger charge is -2.04. The number of nitrogens with two attached hydrogens (primary N) is 1. The van der Waals surface area contributed by atoms with Crippen molar-refractivity contribution in [3.05, 3.63) is 42.0 Å². The summed E-state index contributed by atoms with van der Waals surface area (Å²) in [6.45, 7) is 4.54. The van der Waals surface area contributed by atoms with Crippen LogP contribution in [-0.2, 0) is 4.74 Å². The molecule has 0 atom stereocenters. The SMILES string of the molecule is CCOC(=O)c1ccc(-n2nc3cc(N)c(OCC)cc3n2)cc1. The predicted octanol–water partition coefficient (Wildman–Crippen LogP) is 2.58. The Kier molecular flexibility index (Phi) is 4.33. The number of benzene rings is 2. The molecule has 0 bridgehead atoms. The van der Waals surface area contributed by atoms with E-state index in [0.29, 0.717) is 41.2 Å². The lowest BCUT2D eigenvalue weighted by atomic mass is 10.2. The predicted molar refractivity (Wildman–Crippen MR) is 90.4 cm³/mol. The first-order valence-electron chi connectivity index (χ1n) is 7.69. The zero-order valence-electron chi connectivity index (χ0n) is 13.5. The Hall–Kier alpha value is -3.09. The highest BCUT2D eigenvalue weighted by Gasteiger charge is 2.11. The van der Waals surface area contributed by atoms with Crippen molar-refractivity contribution in [2.24, 2.45) is 0 Å². The van der Waals surface area contributed by atoms with Crippen LogP contribution >= 0.6 is 0 Å². The molecule has 24 heavy (non-hydrogen) atoms. The van der Waals surface area contributed by atoms with Gasteiger partial charge in [-0.15, -0.1) is 10.2 Å². The molecule has 0 saturated heterocycles. The summed E-state index contributed by atoms with van der Waals surface area (Å²) in [5.41, 5.74) is 9.04. The van der Waals surface area contributed by atoms with E-state index in [1.807, 2.05) is 6.92 Å². The average molecular weight is 326 g/mol. The van der Waals surface area contributed by atoms with Crippen LogP contribution in [0.15, 0.2) is 36.4 Å². The first-order valence-corrected chi connectivity index (χ1v) is 7.69.